The van der Waals surface area contributed by atoms with Crippen molar-refractivity contribution in [3.8, 4) is 22.6 Å². The van der Waals surface area contributed by atoms with E-state index in [9.17, 15) is 9.90 Å². The first kappa shape index (κ1) is 26.9. The maximum Gasteiger partial charge on any atom is 0.307 e. The minimum atomic E-state index is -0.981. The number of allylic oxidation sites excluding steroid dienone is 1. The fraction of sp³-hybridized carbons (Fsp3) is 0.364. The summed E-state index contributed by atoms with van der Waals surface area (Å²) >= 11 is 0. The third-order valence-corrected chi connectivity index (χ3v) is 8.15. The van der Waals surface area contributed by atoms with Gasteiger partial charge < -0.3 is 14.6 Å². The van der Waals surface area contributed by atoms with E-state index in [2.05, 4.69) is 19.9 Å². The summed E-state index contributed by atoms with van der Waals surface area (Å²) in [6, 6.07) is 15.5. The zero-order valence-corrected chi connectivity index (χ0v) is 22.7. The van der Waals surface area contributed by atoms with E-state index in [0.717, 1.165) is 54.4 Å². The minimum Gasteiger partial charge on any atom is -0.497 e. The first-order valence-electron chi connectivity index (χ1n) is 13.5. The molecule has 6 heteroatoms. The molecular weight excluding hydrogens is 498 g/mol. The highest BCUT2D eigenvalue weighted by atomic mass is 19.1. The number of hydrogen-bond donors (Lipinski definition) is 1. The molecule has 0 spiro atoms. The molecule has 204 valence electrons. The molecule has 0 unspecified atom stereocenters. The van der Waals surface area contributed by atoms with Gasteiger partial charge in [0.05, 0.1) is 13.5 Å². The number of ether oxygens (including phenoxy) is 2. The van der Waals surface area contributed by atoms with Gasteiger partial charge in [0.1, 0.15) is 18.2 Å². The van der Waals surface area contributed by atoms with Crippen molar-refractivity contribution in [2.45, 2.75) is 64.9 Å². The molecule has 0 amide bonds. The number of carboxylic acids is 1. The Morgan fingerprint density at radius 2 is 1.85 bits per heavy atom. The fourth-order valence-electron chi connectivity index (χ4n) is 5.92. The number of hydrogen-bond acceptors (Lipinski definition) is 3. The molecule has 4 nitrogen and oxygen atoms in total. The summed E-state index contributed by atoms with van der Waals surface area (Å²) in [5.74, 6) is -0.915. The highest BCUT2D eigenvalue weighted by molar-refractivity contribution is 5.87. The van der Waals surface area contributed by atoms with Crippen LogP contribution in [0.15, 0.2) is 60.2 Å². The third-order valence-electron chi connectivity index (χ3n) is 8.15. The summed E-state index contributed by atoms with van der Waals surface area (Å²) in [5.41, 5.74) is 5.12. The molecule has 0 heterocycles. The number of rotatable bonds is 9. The Morgan fingerprint density at radius 1 is 1.05 bits per heavy atom. The third kappa shape index (κ3) is 5.70. The van der Waals surface area contributed by atoms with E-state index in [1.807, 2.05) is 12.1 Å². The molecule has 0 bridgehead atoms. The lowest BCUT2D eigenvalue weighted by atomic mass is 9.75. The van der Waals surface area contributed by atoms with E-state index in [0.29, 0.717) is 22.4 Å². The Labute approximate surface area is 228 Å². The van der Waals surface area contributed by atoms with Gasteiger partial charge in [-0.2, -0.15) is 0 Å². The fourth-order valence-corrected chi connectivity index (χ4v) is 5.92. The van der Waals surface area contributed by atoms with Crippen LogP contribution >= 0.6 is 0 Å². The van der Waals surface area contributed by atoms with Gasteiger partial charge in [-0.05, 0) is 83.5 Å². The van der Waals surface area contributed by atoms with Crippen LogP contribution in [0.2, 0.25) is 0 Å². The van der Waals surface area contributed by atoms with E-state index >= 15 is 8.78 Å². The summed E-state index contributed by atoms with van der Waals surface area (Å²) < 4.78 is 41.9. The SMILES string of the molecule is COc1ccc(F)c(-c2ccc(COc3cccc(C(CC(=O)O)=C4CC4)c3F)cc2[C@@H]2CCCC2(C)C)c1. The molecule has 3 aromatic carbocycles. The topological polar surface area (TPSA) is 55.8 Å². The Hall–Kier alpha value is -3.67. The van der Waals surface area contributed by atoms with Gasteiger partial charge in [-0.3, -0.25) is 4.79 Å². The maximum absolute atomic E-state index is 15.5. The largest absolute Gasteiger partial charge is 0.497 e. The van der Waals surface area contributed by atoms with E-state index in [1.54, 1.807) is 37.4 Å². The van der Waals surface area contributed by atoms with E-state index < -0.39 is 11.8 Å². The van der Waals surface area contributed by atoms with Gasteiger partial charge >= 0.3 is 5.97 Å². The normalized spacial score (nSPS) is 17.7. The molecule has 0 saturated heterocycles. The molecule has 0 aromatic heterocycles. The minimum absolute atomic E-state index is 0.0564. The number of halogens is 2. The number of aliphatic carboxylic acids is 1. The summed E-state index contributed by atoms with van der Waals surface area (Å²) in [6.45, 7) is 4.64. The van der Waals surface area contributed by atoms with Gasteiger partial charge in [-0.25, -0.2) is 8.78 Å². The van der Waals surface area contributed by atoms with Gasteiger partial charge in [0, 0.05) is 11.1 Å². The monoisotopic (exact) mass is 532 g/mol. The van der Waals surface area contributed by atoms with Crippen molar-refractivity contribution in [2.24, 2.45) is 5.41 Å². The quantitative estimate of drug-likeness (QED) is 0.300. The Bertz CT molecular complexity index is 1430. The van der Waals surface area contributed by atoms with Crippen molar-refractivity contribution < 1.29 is 28.2 Å². The zero-order chi connectivity index (χ0) is 27.7. The van der Waals surface area contributed by atoms with Crippen LogP contribution in [-0.4, -0.2) is 18.2 Å². The van der Waals surface area contributed by atoms with Crippen LogP contribution < -0.4 is 9.47 Å². The number of carbonyl (C=O) groups is 1. The summed E-state index contributed by atoms with van der Waals surface area (Å²) in [5, 5.41) is 9.32. The second-order valence-corrected chi connectivity index (χ2v) is 11.3. The van der Waals surface area contributed by atoms with Crippen LogP contribution in [0.5, 0.6) is 11.5 Å². The van der Waals surface area contributed by atoms with Crippen molar-refractivity contribution in [3.05, 3.63) is 88.5 Å². The molecule has 1 N–H and O–H groups in total. The highest BCUT2D eigenvalue weighted by Crippen LogP contribution is 2.51. The Morgan fingerprint density at radius 3 is 2.51 bits per heavy atom. The molecule has 2 aliphatic rings. The van der Waals surface area contributed by atoms with Gasteiger partial charge in [0.2, 0.25) is 0 Å². The lowest BCUT2D eigenvalue weighted by molar-refractivity contribution is -0.135. The Balaban J connectivity index is 1.47. The van der Waals surface area contributed by atoms with Crippen LogP contribution in [0, 0.1) is 17.0 Å². The first-order chi connectivity index (χ1) is 18.7. The van der Waals surface area contributed by atoms with E-state index in [1.165, 1.54) is 6.07 Å². The summed E-state index contributed by atoms with van der Waals surface area (Å²) in [4.78, 5) is 11.4. The van der Waals surface area contributed by atoms with E-state index in [4.69, 9.17) is 9.47 Å². The molecule has 3 aromatic rings. The predicted octanol–water partition coefficient (Wildman–Crippen LogP) is 8.54. The summed E-state index contributed by atoms with van der Waals surface area (Å²) in [6.07, 6.45) is 4.59. The van der Waals surface area contributed by atoms with Crippen LogP contribution in [0.3, 0.4) is 0 Å². The smallest absolute Gasteiger partial charge is 0.307 e. The van der Waals surface area contributed by atoms with Crippen molar-refractivity contribution in [3.63, 3.8) is 0 Å². The van der Waals surface area contributed by atoms with Gasteiger partial charge in [0.15, 0.2) is 11.6 Å². The average molecular weight is 533 g/mol. The molecule has 2 saturated carbocycles. The predicted molar refractivity (Wildman–Crippen MR) is 148 cm³/mol. The van der Waals surface area contributed by atoms with Crippen LogP contribution in [-0.2, 0) is 11.4 Å². The van der Waals surface area contributed by atoms with Gasteiger partial charge in [-0.15, -0.1) is 0 Å². The molecule has 2 aliphatic carbocycles. The molecular formula is C33H34F2O4. The average Bonchev–Trinajstić information content (AvgIpc) is 3.69. The standard InChI is InChI=1S/C33H34F2O4/c1-33(2)15-5-7-28(33)26-16-20(9-13-23(26)27-17-22(38-3)12-14-29(27)34)19-39-30-8-4-6-24(32(30)35)25(18-31(36)37)21-10-11-21/h4,6,8-9,12-14,16-17,28H,5,7,10-11,15,18-19H2,1-3H3,(H,36,37)/t28-/m0/s1. The molecule has 0 radical (unpaired) electrons. The lowest BCUT2D eigenvalue weighted by Gasteiger charge is -2.30. The van der Waals surface area contributed by atoms with Gasteiger partial charge in [-0.1, -0.05) is 56.2 Å². The number of methoxy groups -OCH3 is 1. The van der Waals surface area contributed by atoms with Crippen LogP contribution in [0.1, 0.15) is 75.0 Å². The first-order valence-corrected chi connectivity index (χ1v) is 13.5. The summed E-state index contributed by atoms with van der Waals surface area (Å²) in [7, 11) is 1.57. The molecule has 2 fully saturated rings. The Kier molecular flexibility index (Phi) is 7.48. The zero-order valence-electron chi connectivity index (χ0n) is 22.7. The van der Waals surface area contributed by atoms with E-state index in [-0.39, 0.29) is 35.9 Å². The second-order valence-electron chi connectivity index (χ2n) is 11.3. The van der Waals surface area contributed by atoms with Gasteiger partial charge in [0.25, 0.3) is 0 Å². The van der Waals surface area contributed by atoms with Crippen molar-refractivity contribution in [1.29, 1.82) is 0 Å². The maximum atomic E-state index is 15.5. The van der Waals surface area contributed by atoms with Crippen LogP contribution in [0.25, 0.3) is 16.7 Å². The molecule has 5 rings (SSSR count). The number of carboxylic acid groups (broad SMARTS) is 1. The number of benzene rings is 3. The molecule has 0 aliphatic heterocycles. The van der Waals surface area contributed by atoms with Crippen molar-refractivity contribution in [2.75, 3.05) is 7.11 Å². The molecule has 39 heavy (non-hydrogen) atoms. The van der Waals surface area contributed by atoms with Crippen LogP contribution in [0.4, 0.5) is 8.78 Å². The highest BCUT2D eigenvalue weighted by Gasteiger charge is 2.37. The second kappa shape index (κ2) is 10.8. The molecule has 1 atom stereocenters. The van der Waals surface area contributed by atoms with Crippen molar-refractivity contribution >= 4 is 11.5 Å². The lowest BCUT2D eigenvalue weighted by Crippen LogP contribution is -2.17. The van der Waals surface area contributed by atoms with Crippen molar-refractivity contribution in [1.82, 2.24) is 0 Å².